The standard InChI is InChI=1S/C20H36O3/c1-3-4-5-6-7-10-13-17-16-18(17)14-11-8-9-12-15-19(21)20(22)23-2/h19,21H,3-16H2,1-2H3. The molecule has 0 heterocycles. The Labute approximate surface area is 142 Å². The van der Waals surface area contributed by atoms with Crippen molar-refractivity contribution in [3.63, 3.8) is 0 Å². The van der Waals surface area contributed by atoms with E-state index in [1.807, 2.05) is 0 Å². The molecule has 1 aliphatic carbocycles. The largest absolute Gasteiger partial charge is 0.467 e. The fraction of sp³-hybridized carbons (Fsp3) is 0.850. The predicted molar refractivity (Wildman–Crippen MR) is 95.4 cm³/mol. The van der Waals surface area contributed by atoms with Gasteiger partial charge in [-0.1, -0.05) is 69.4 Å². The summed E-state index contributed by atoms with van der Waals surface area (Å²) in [6.07, 6.45) is 16.3. The monoisotopic (exact) mass is 324 g/mol. The quantitative estimate of drug-likeness (QED) is 0.252. The first-order valence-electron chi connectivity index (χ1n) is 9.64. The van der Waals surface area contributed by atoms with Gasteiger partial charge < -0.3 is 9.84 Å². The van der Waals surface area contributed by atoms with Crippen LogP contribution in [-0.4, -0.2) is 24.3 Å². The third-order valence-corrected chi connectivity index (χ3v) is 4.81. The maximum Gasteiger partial charge on any atom is 0.334 e. The molecule has 23 heavy (non-hydrogen) atoms. The summed E-state index contributed by atoms with van der Waals surface area (Å²) in [5.41, 5.74) is 3.45. The van der Waals surface area contributed by atoms with Crippen LogP contribution in [0.1, 0.15) is 96.8 Å². The Morgan fingerprint density at radius 3 is 2.04 bits per heavy atom. The van der Waals surface area contributed by atoms with E-state index in [-0.39, 0.29) is 0 Å². The summed E-state index contributed by atoms with van der Waals surface area (Å²) in [6.45, 7) is 2.27. The van der Waals surface area contributed by atoms with Crippen molar-refractivity contribution in [3.8, 4) is 0 Å². The number of esters is 1. The number of methoxy groups -OCH3 is 1. The van der Waals surface area contributed by atoms with Gasteiger partial charge in [-0.05, 0) is 38.5 Å². The first-order valence-corrected chi connectivity index (χ1v) is 9.64. The Balaban J connectivity index is 1.89. The van der Waals surface area contributed by atoms with Crippen molar-refractivity contribution in [2.45, 2.75) is 103 Å². The smallest absolute Gasteiger partial charge is 0.334 e. The van der Waals surface area contributed by atoms with Crippen molar-refractivity contribution in [2.75, 3.05) is 7.11 Å². The third-order valence-electron chi connectivity index (χ3n) is 4.81. The summed E-state index contributed by atoms with van der Waals surface area (Å²) >= 11 is 0. The van der Waals surface area contributed by atoms with Gasteiger partial charge in [-0.25, -0.2) is 4.79 Å². The number of ether oxygens (including phenoxy) is 1. The van der Waals surface area contributed by atoms with Gasteiger partial charge >= 0.3 is 5.97 Å². The van der Waals surface area contributed by atoms with Crippen LogP contribution in [0.2, 0.25) is 0 Å². The molecule has 0 radical (unpaired) electrons. The summed E-state index contributed by atoms with van der Waals surface area (Å²) in [5, 5.41) is 9.48. The molecule has 0 aromatic heterocycles. The molecule has 0 fully saturated rings. The minimum absolute atomic E-state index is 0.507. The lowest BCUT2D eigenvalue weighted by molar-refractivity contribution is -0.150. The SMILES string of the molecule is CCCCCCCCC1=C(CCCCCCC(O)C(=O)OC)C1. The van der Waals surface area contributed by atoms with Crippen LogP contribution in [-0.2, 0) is 9.53 Å². The third kappa shape index (κ3) is 9.80. The molecule has 3 nitrogen and oxygen atoms in total. The number of aliphatic hydroxyl groups is 1. The van der Waals surface area contributed by atoms with Crippen LogP contribution < -0.4 is 0 Å². The van der Waals surface area contributed by atoms with Crippen LogP contribution in [0.5, 0.6) is 0 Å². The maximum atomic E-state index is 11.0. The van der Waals surface area contributed by atoms with Crippen molar-refractivity contribution in [3.05, 3.63) is 11.1 Å². The minimum atomic E-state index is -0.935. The highest BCUT2D eigenvalue weighted by atomic mass is 16.5. The zero-order valence-corrected chi connectivity index (χ0v) is 15.2. The van der Waals surface area contributed by atoms with E-state index in [0.717, 1.165) is 12.8 Å². The number of carbonyl (C=O) groups is 1. The second kappa shape index (κ2) is 12.6. The number of aliphatic hydroxyl groups excluding tert-OH is 1. The summed E-state index contributed by atoms with van der Waals surface area (Å²) in [7, 11) is 1.32. The van der Waals surface area contributed by atoms with Gasteiger partial charge in [-0.2, -0.15) is 0 Å². The molecule has 1 atom stereocenters. The fourth-order valence-corrected chi connectivity index (χ4v) is 3.15. The molecule has 0 saturated carbocycles. The van der Waals surface area contributed by atoms with Crippen LogP contribution in [0.4, 0.5) is 0 Å². The Hall–Kier alpha value is -0.830. The highest BCUT2D eigenvalue weighted by molar-refractivity contribution is 5.74. The van der Waals surface area contributed by atoms with Crippen molar-refractivity contribution >= 4 is 5.97 Å². The number of rotatable bonds is 15. The van der Waals surface area contributed by atoms with E-state index in [0.29, 0.717) is 6.42 Å². The van der Waals surface area contributed by atoms with Crippen molar-refractivity contribution in [1.29, 1.82) is 0 Å². The maximum absolute atomic E-state index is 11.0. The minimum Gasteiger partial charge on any atom is -0.467 e. The van der Waals surface area contributed by atoms with Crippen LogP contribution in [0, 0.1) is 0 Å². The molecule has 1 aliphatic rings. The number of carbonyl (C=O) groups excluding carboxylic acids is 1. The lowest BCUT2D eigenvalue weighted by atomic mass is 10.1. The molecule has 1 unspecified atom stereocenters. The van der Waals surface area contributed by atoms with E-state index >= 15 is 0 Å². The Bertz CT molecular complexity index is 360. The highest BCUT2D eigenvalue weighted by Gasteiger charge is 2.19. The van der Waals surface area contributed by atoms with Gasteiger partial charge in [-0.3, -0.25) is 0 Å². The molecular weight excluding hydrogens is 288 g/mol. The molecule has 0 saturated heterocycles. The summed E-state index contributed by atoms with van der Waals surface area (Å²) in [4.78, 5) is 11.0. The molecule has 0 aromatic carbocycles. The van der Waals surface area contributed by atoms with E-state index < -0.39 is 12.1 Å². The van der Waals surface area contributed by atoms with Gasteiger partial charge in [-0.15, -0.1) is 0 Å². The Morgan fingerprint density at radius 2 is 1.48 bits per heavy atom. The van der Waals surface area contributed by atoms with Crippen LogP contribution in [0.3, 0.4) is 0 Å². The van der Waals surface area contributed by atoms with Gasteiger partial charge in [0.05, 0.1) is 7.11 Å². The molecule has 0 aromatic rings. The van der Waals surface area contributed by atoms with Crippen molar-refractivity contribution < 1.29 is 14.6 Å². The lowest BCUT2D eigenvalue weighted by Gasteiger charge is -2.07. The summed E-state index contributed by atoms with van der Waals surface area (Å²) in [6, 6.07) is 0. The van der Waals surface area contributed by atoms with E-state index in [1.54, 1.807) is 11.1 Å². The van der Waals surface area contributed by atoms with Crippen LogP contribution >= 0.6 is 0 Å². The summed E-state index contributed by atoms with van der Waals surface area (Å²) < 4.78 is 4.51. The first-order chi connectivity index (χ1) is 11.2. The van der Waals surface area contributed by atoms with Gasteiger partial charge in [0.2, 0.25) is 0 Å². The van der Waals surface area contributed by atoms with Crippen LogP contribution in [0.15, 0.2) is 11.1 Å². The molecule has 3 heteroatoms. The molecular formula is C20H36O3. The fourth-order valence-electron chi connectivity index (χ4n) is 3.15. The van der Waals surface area contributed by atoms with E-state index in [2.05, 4.69) is 11.7 Å². The zero-order valence-electron chi connectivity index (χ0n) is 15.2. The molecule has 134 valence electrons. The number of unbranched alkanes of at least 4 members (excludes halogenated alkanes) is 8. The second-order valence-electron chi connectivity index (χ2n) is 6.89. The summed E-state index contributed by atoms with van der Waals surface area (Å²) in [5.74, 6) is -0.507. The molecule has 0 bridgehead atoms. The number of allylic oxidation sites excluding steroid dienone is 2. The number of hydrogen-bond acceptors (Lipinski definition) is 3. The normalized spacial score (nSPS) is 14.9. The average molecular weight is 325 g/mol. The molecule has 1 N–H and O–H groups in total. The molecule has 0 spiro atoms. The molecule has 1 rings (SSSR count). The van der Waals surface area contributed by atoms with E-state index in [9.17, 15) is 9.90 Å². The van der Waals surface area contributed by atoms with Crippen molar-refractivity contribution in [1.82, 2.24) is 0 Å². The van der Waals surface area contributed by atoms with E-state index in [1.165, 1.54) is 77.7 Å². The Kier molecular flexibility index (Phi) is 11.1. The first kappa shape index (κ1) is 20.2. The Morgan fingerprint density at radius 1 is 0.957 bits per heavy atom. The van der Waals surface area contributed by atoms with Gasteiger partial charge in [0.1, 0.15) is 0 Å². The second-order valence-corrected chi connectivity index (χ2v) is 6.89. The predicted octanol–water partition coefficient (Wildman–Crippen LogP) is 5.31. The van der Waals surface area contributed by atoms with Gasteiger partial charge in [0.25, 0.3) is 0 Å². The molecule has 0 aliphatic heterocycles. The van der Waals surface area contributed by atoms with Gasteiger partial charge in [0, 0.05) is 0 Å². The van der Waals surface area contributed by atoms with Crippen LogP contribution in [0.25, 0.3) is 0 Å². The topological polar surface area (TPSA) is 46.5 Å². The number of hydrogen-bond donors (Lipinski definition) is 1. The van der Waals surface area contributed by atoms with Crippen molar-refractivity contribution in [2.24, 2.45) is 0 Å². The van der Waals surface area contributed by atoms with Gasteiger partial charge in [0.15, 0.2) is 6.10 Å². The average Bonchev–Trinajstić information content (AvgIpc) is 3.31. The molecule has 0 amide bonds. The lowest BCUT2D eigenvalue weighted by Crippen LogP contribution is -2.21. The van der Waals surface area contributed by atoms with E-state index in [4.69, 9.17) is 0 Å². The highest BCUT2D eigenvalue weighted by Crippen LogP contribution is 2.38. The zero-order chi connectivity index (χ0) is 16.9.